The average molecular weight is 657 g/mol. The maximum absolute atomic E-state index is 14.4. The highest BCUT2D eigenvalue weighted by atomic mass is 32.2. The quantitative estimate of drug-likeness (QED) is 0.230. The summed E-state index contributed by atoms with van der Waals surface area (Å²) in [5, 5.41) is 8.42. The van der Waals surface area contributed by atoms with Crippen LogP contribution in [0, 0.1) is 28.1 Å². The molecule has 0 bridgehead atoms. The number of rotatable bonds is 12. The van der Waals surface area contributed by atoms with Crippen LogP contribution in [0.15, 0.2) is 0 Å². The van der Waals surface area contributed by atoms with Gasteiger partial charge in [0.1, 0.15) is 12.1 Å². The van der Waals surface area contributed by atoms with Gasteiger partial charge in [0, 0.05) is 26.2 Å². The highest BCUT2D eigenvalue weighted by Crippen LogP contribution is 2.53. The summed E-state index contributed by atoms with van der Waals surface area (Å²) >= 11 is 0. The van der Waals surface area contributed by atoms with Gasteiger partial charge in [-0.05, 0) is 47.3 Å². The van der Waals surface area contributed by atoms with E-state index in [1.807, 2.05) is 48.5 Å². The Morgan fingerprint density at radius 1 is 1.00 bits per heavy atom. The van der Waals surface area contributed by atoms with Crippen LogP contribution in [-0.2, 0) is 29.2 Å². The Bertz CT molecular complexity index is 1250. The fraction of sp³-hybridized carbons (Fsp3) is 0.839. The van der Waals surface area contributed by atoms with Crippen LogP contribution in [0.2, 0.25) is 0 Å². The highest BCUT2D eigenvalue weighted by molar-refractivity contribution is 7.88. The Hall–Kier alpha value is -2.74. The highest BCUT2D eigenvalue weighted by Gasteiger charge is 2.57. The lowest BCUT2D eigenvalue weighted by Gasteiger charge is -2.38. The number of urea groups is 1. The summed E-state index contributed by atoms with van der Waals surface area (Å²) in [6.45, 7) is 17.5. The molecule has 5 N–H and O–H groups in total. The smallest absolute Gasteiger partial charge is 0.315 e. The van der Waals surface area contributed by atoms with E-state index < -0.39 is 74.6 Å². The molecular weight excluding hydrogens is 600 g/mol. The molecule has 1 saturated heterocycles. The average Bonchev–Trinajstić information content (AvgIpc) is 3.41. The number of hydrogen-bond donors (Lipinski definition) is 4. The largest absolute Gasteiger partial charge is 0.363 e. The van der Waals surface area contributed by atoms with Crippen molar-refractivity contribution in [2.75, 3.05) is 26.4 Å². The number of fused-ring (bicyclic) bond motifs is 1. The topological polar surface area (TPSA) is 188 Å². The van der Waals surface area contributed by atoms with Gasteiger partial charge < -0.3 is 26.6 Å². The number of ketones is 1. The number of carbonyl (C=O) groups is 5. The Labute approximate surface area is 269 Å². The van der Waals surface area contributed by atoms with Crippen LogP contribution in [-0.4, -0.2) is 97.7 Å². The van der Waals surface area contributed by atoms with E-state index in [1.54, 1.807) is 0 Å². The van der Waals surface area contributed by atoms with Gasteiger partial charge in [0.05, 0.1) is 12.3 Å². The predicted octanol–water partition coefficient (Wildman–Crippen LogP) is 1.61. The summed E-state index contributed by atoms with van der Waals surface area (Å²) in [7, 11) is -2.06. The van der Waals surface area contributed by atoms with Crippen LogP contribution in [0.4, 0.5) is 4.79 Å². The van der Waals surface area contributed by atoms with Crippen molar-refractivity contribution in [2.24, 2.45) is 33.8 Å². The van der Waals surface area contributed by atoms with Gasteiger partial charge in [-0.15, -0.1) is 0 Å². The number of Topliss-reactive ketones (excluding diaryl/α,β-unsaturated/α-hetero) is 1. The number of nitrogens with zero attached hydrogens (tertiary/aromatic N) is 2. The van der Waals surface area contributed by atoms with E-state index in [9.17, 15) is 32.4 Å². The second-order valence-corrected chi connectivity index (χ2v) is 17.8. The molecule has 2 fully saturated rings. The third kappa shape index (κ3) is 9.40. The van der Waals surface area contributed by atoms with Gasteiger partial charge >= 0.3 is 6.03 Å². The molecule has 13 nitrogen and oxygen atoms in total. The van der Waals surface area contributed by atoms with Crippen molar-refractivity contribution in [3.05, 3.63) is 0 Å². The van der Waals surface area contributed by atoms with E-state index in [0.717, 1.165) is 12.7 Å². The summed E-state index contributed by atoms with van der Waals surface area (Å²) < 4.78 is 25.3. The summed E-state index contributed by atoms with van der Waals surface area (Å²) in [5.41, 5.74) is 3.83. The lowest BCUT2D eigenvalue weighted by Crippen LogP contribution is -2.62. The molecule has 1 aliphatic heterocycles. The molecule has 1 aliphatic carbocycles. The van der Waals surface area contributed by atoms with Crippen molar-refractivity contribution in [2.45, 2.75) is 112 Å². The number of hydrogen-bond acceptors (Lipinski definition) is 7. The molecule has 6 atom stereocenters. The van der Waals surface area contributed by atoms with Gasteiger partial charge in [-0.25, -0.2) is 17.5 Å². The van der Waals surface area contributed by atoms with Gasteiger partial charge in [-0.3, -0.25) is 19.2 Å². The molecule has 1 unspecified atom stereocenters. The lowest BCUT2D eigenvalue weighted by molar-refractivity contribution is -0.144. The second kappa shape index (κ2) is 13.9. The summed E-state index contributed by atoms with van der Waals surface area (Å²) in [5.74, 6) is -3.12. The van der Waals surface area contributed by atoms with E-state index in [4.69, 9.17) is 5.73 Å². The van der Waals surface area contributed by atoms with Gasteiger partial charge in [0.2, 0.25) is 27.6 Å². The Balaban J connectivity index is 2.41. The standard InChI is InChI=1S/C31H56N6O7S/c1-12-13-20(23(38)25(32)39)33-26(40)22-18-14-15-31(8,9)19(18)16-37(22)27(41)24(30(5,6)7)35-28(42)34-21(29(2,3)4)17-36(10)45(11,43)44/h18-22,24H,12-17H2,1-11H3,(H2,32,39)(H,33,40)(H2,34,35,42)/t18-,19-,20?,21+,22-,24+/m0/s1. The minimum Gasteiger partial charge on any atom is -0.363 e. The number of carbonyl (C=O) groups excluding carboxylic acids is 5. The molecule has 14 heteroatoms. The van der Waals surface area contributed by atoms with Crippen molar-refractivity contribution in [3.63, 3.8) is 0 Å². The number of likely N-dealkylation sites (N-methyl/N-ethyl adjacent to an activating group) is 1. The third-order valence-corrected chi connectivity index (χ3v) is 10.8. The Kier molecular flexibility index (Phi) is 11.9. The zero-order valence-corrected chi connectivity index (χ0v) is 29.8. The van der Waals surface area contributed by atoms with Crippen molar-refractivity contribution < 1.29 is 32.4 Å². The molecular formula is C31H56N6O7S. The van der Waals surface area contributed by atoms with E-state index in [2.05, 4.69) is 29.8 Å². The van der Waals surface area contributed by atoms with Crippen LogP contribution < -0.4 is 21.7 Å². The molecule has 0 spiro atoms. The normalized spacial score (nSPS) is 23.6. The fourth-order valence-electron chi connectivity index (χ4n) is 6.45. The first kappa shape index (κ1) is 38.4. The monoisotopic (exact) mass is 656 g/mol. The van der Waals surface area contributed by atoms with Gasteiger partial charge in [-0.1, -0.05) is 68.7 Å². The molecule has 1 saturated carbocycles. The number of nitrogens with one attached hydrogen (secondary N) is 3. The number of sulfonamides is 1. The van der Waals surface area contributed by atoms with Crippen LogP contribution in [0.1, 0.15) is 88.0 Å². The van der Waals surface area contributed by atoms with Crippen LogP contribution in [0.25, 0.3) is 0 Å². The zero-order valence-electron chi connectivity index (χ0n) is 28.9. The Morgan fingerprint density at radius 2 is 1.58 bits per heavy atom. The maximum Gasteiger partial charge on any atom is 0.315 e. The maximum atomic E-state index is 14.4. The van der Waals surface area contributed by atoms with Crippen LogP contribution in [0.3, 0.4) is 0 Å². The molecule has 1 heterocycles. The predicted molar refractivity (Wildman–Crippen MR) is 172 cm³/mol. The van der Waals surface area contributed by atoms with Gasteiger partial charge in [0.15, 0.2) is 0 Å². The van der Waals surface area contributed by atoms with Gasteiger partial charge in [-0.2, -0.15) is 0 Å². The lowest BCUT2D eigenvalue weighted by atomic mass is 9.79. The molecule has 0 aromatic carbocycles. The molecule has 5 amide bonds. The second-order valence-electron chi connectivity index (χ2n) is 15.7. The van der Waals surface area contributed by atoms with Gasteiger partial charge in [0.25, 0.3) is 5.91 Å². The van der Waals surface area contributed by atoms with E-state index in [1.165, 1.54) is 16.3 Å². The van der Waals surface area contributed by atoms with Crippen LogP contribution >= 0.6 is 0 Å². The number of likely N-dealkylation sites (tertiary alicyclic amines) is 1. The fourth-order valence-corrected chi connectivity index (χ4v) is 6.87. The molecule has 0 aromatic heterocycles. The SMILES string of the molecule is CCCC(NC(=O)[C@@H]1[C@H]2CCC(C)(C)[C@H]2CN1C(=O)[C@@H](NC(=O)N[C@H](CN(C)S(C)(=O)=O)C(C)(C)C)C(C)(C)C)C(=O)C(N)=O. The van der Waals surface area contributed by atoms with Crippen LogP contribution in [0.5, 0.6) is 0 Å². The van der Waals surface area contributed by atoms with E-state index >= 15 is 0 Å². The first-order valence-electron chi connectivity index (χ1n) is 15.8. The Morgan fingerprint density at radius 3 is 2.04 bits per heavy atom. The van der Waals surface area contributed by atoms with Crippen molar-refractivity contribution >= 4 is 39.6 Å². The molecule has 258 valence electrons. The minimum atomic E-state index is -3.50. The van der Waals surface area contributed by atoms with Crippen molar-refractivity contribution in [1.82, 2.24) is 25.2 Å². The zero-order chi connectivity index (χ0) is 34.9. The van der Waals surface area contributed by atoms with E-state index in [0.29, 0.717) is 19.4 Å². The van der Waals surface area contributed by atoms with E-state index in [-0.39, 0.29) is 30.2 Å². The summed E-state index contributed by atoms with van der Waals surface area (Å²) in [4.78, 5) is 67.5. The molecule has 0 aromatic rings. The van der Waals surface area contributed by atoms with Crippen molar-refractivity contribution in [3.8, 4) is 0 Å². The number of primary amides is 1. The summed E-state index contributed by atoms with van der Waals surface area (Å²) in [6, 6.07) is -4.25. The first-order valence-corrected chi connectivity index (χ1v) is 17.6. The molecule has 2 aliphatic rings. The molecule has 2 rings (SSSR count). The molecule has 45 heavy (non-hydrogen) atoms. The summed E-state index contributed by atoms with van der Waals surface area (Å²) in [6.07, 6.45) is 3.42. The number of amides is 5. The first-order chi connectivity index (χ1) is 20.3. The molecule has 0 radical (unpaired) electrons. The third-order valence-electron chi connectivity index (χ3n) is 9.53. The van der Waals surface area contributed by atoms with Crippen molar-refractivity contribution in [1.29, 1.82) is 0 Å². The minimum absolute atomic E-state index is 0.0138. The number of nitrogens with two attached hydrogens (primary N) is 1.